The number of benzene rings is 1. The molecule has 4 heteroatoms. The lowest BCUT2D eigenvalue weighted by atomic mass is 10.0. The van der Waals surface area contributed by atoms with Gasteiger partial charge in [0, 0.05) is 24.9 Å². The van der Waals surface area contributed by atoms with Crippen molar-refractivity contribution in [3.05, 3.63) is 35.4 Å². The monoisotopic (exact) mass is 289 g/mol. The van der Waals surface area contributed by atoms with Gasteiger partial charge in [-0.05, 0) is 57.0 Å². The number of nitrogens with zero attached hydrogens (tertiary/aromatic N) is 1. The standard InChI is InChI=1S/C17H23NO3/c1-12-9-15(7-5-14(12)6-8-16(19)20)18-10-13(2)21-17(3,4)11-18/h5-9,13H,10-11H2,1-4H3,(H,19,20). The Morgan fingerprint density at radius 2 is 2.19 bits per heavy atom. The number of ether oxygens (including phenoxy) is 1. The van der Waals surface area contributed by atoms with E-state index >= 15 is 0 Å². The van der Waals surface area contributed by atoms with Crippen molar-refractivity contribution in [3.8, 4) is 0 Å². The third kappa shape index (κ3) is 4.08. The number of rotatable bonds is 3. The van der Waals surface area contributed by atoms with Crippen LogP contribution in [0.2, 0.25) is 0 Å². The molecule has 1 N–H and O–H groups in total. The molecule has 21 heavy (non-hydrogen) atoms. The van der Waals surface area contributed by atoms with Crippen LogP contribution in [0.5, 0.6) is 0 Å². The van der Waals surface area contributed by atoms with Gasteiger partial charge in [-0.25, -0.2) is 4.79 Å². The van der Waals surface area contributed by atoms with Crippen molar-refractivity contribution < 1.29 is 14.6 Å². The average Bonchev–Trinajstić information content (AvgIpc) is 2.34. The normalized spacial score (nSPS) is 21.7. The minimum Gasteiger partial charge on any atom is -0.478 e. The molecule has 114 valence electrons. The molecule has 0 aromatic heterocycles. The largest absolute Gasteiger partial charge is 0.478 e. The van der Waals surface area contributed by atoms with E-state index in [1.165, 1.54) is 6.08 Å². The second-order valence-corrected chi connectivity index (χ2v) is 6.28. The van der Waals surface area contributed by atoms with E-state index in [-0.39, 0.29) is 11.7 Å². The Bertz CT molecular complexity index is 563. The Balaban J connectivity index is 2.21. The molecular weight excluding hydrogens is 266 g/mol. The fourth-order valence-electron chi connectivity index (χ4n) is 2.86. The first kappa shape index (κ1) is 15.6. The van der Waals surface area contributed by atoms with Crippen molar-refractivity contribution in [1.29, 1.82) is 0 Å². The van der Waals surface area contributed by atoms with Crippen LogP contribution < -0.4 is 4.90 Å². The molecule has 0 saturated carbocycles. The minimum absolute atomic E-state index is 0.159. The fraction of sp³-hybridized carbons (Fsp3) is 0.471. The first-order chi connectivity index (χ1) is 9.77. The van der Waals surface area contributed by atoms with Crippen LogP contribution in [0.15, 0.2) is 24.3 Å². The highest BCUT2D eigenvalue weighted by molar-refractivity contribution is 5.85. The molecule has 1 atom stereocenters. The molecule has 2 rings (SSSR count). The van der Waals surface area contributed by atoms with Gasteiger partial charge in [-0.2, -0.15) is 0 Å². The molecule has 1 fully saturated rings. The molecule has 1 saturated heterocycles. The van der Waals surface area contributed by atoms with Gasteiger partial charge in [0.15, 0.2) is 0 Å². The van der Waals surface area contributed by atoms with Crippen molar-refractivity contribution in [1.82, 2.24) is 0 Å². The van der Waals surface area contributed by atoms with Crippen molar-refractivity contribution in [2.24, 2.45) is 0 Å². The average molecular weight is 289 g/mol. The highest BCUT2D eigenvalue weighted by atomic mass is 16.5. The second kappa shape index (κ2) is 5.90. The van der Waals surface area contributed by atoms with E-state index in [1.807, 2.05) is 19.1 Å². The predicted molar refractivity (Wildman–Crippen MR) is 84.7 cm³/mol. The van der Waals surface area contributed by atoms with Crippen LogP contribution in [0.25, 0.3) is 6.08 Å². The van der Waals surface area contributed by atoms with E-state index < -0.39 is 5.97 Å². The SMILES string of the molecule is Cc1cc(N2CC(C)OC(C)(C)C2)ccc1C=CC(=O)O. The van der Waals surface area contributed by atoms with Crippen molar-refractivity contribution >= 4 is 17.7 Å². The first-order valence-corrected chi connectivity index (χ1v) is 7.21. The summed E-state index contributed by atoms with van der Waals surface area (Å²) in [5.74, 6) is -0.928. The van der Waals surface area contributed by atoms with E-state index in [0.29, 0.717) is 0 Å². The highest BCUT2D eigenvalue weighted by Gasteiger charge is 2.31. The number of morpholine rings is 1. The highest BCUT2D eigenvalue weighted by Crippen LogP contribution is 2.27. The molecule has 0 amide bonds. The Morgan fingerprint density at radius 3 is 2.76 bits per heavy atom. The zero-order valence-corrected chi connectivity index (χ0v) is 13.1. The third-order valence-corrected chi connectivity index (χ3v) is 3.59. The summed E-state index contributed by atoms with van der Waals surface area (Å²) < 4.78 is 5.93. The van der Waals surface area contributed by atoms with Crippen LogP contribution in [0, 0.1) is 6.92 Å². The number of hydrogen-bond donors (Lipinski definition) is 1. The number of hydrogen-bond acceptors (Lipinski definition) is 3. The van der Waals surface area contributed by atoms with Gasteiger partial charge in [0.1, 0.15) is 0 Å². The smallest absolute Gasteiger partial charge is 0.328 e. The lowest BCUT2D eigenvalue weighted by Crippen LogP contribution is -2.52. The van der Waals surface area contributed by atoms with Gasteiger partial charge >= 0.3 is 5.97 Å². The van der Waals surface area contributed by atoms with E-state index in [9.17, 15) is 4.79 Å². The molecular formula is C17H23NO3. The number of anilines is 1. The summed E-state index contributed by atoms with van der Waals surface area (Å²) in [4.78, 5) is 12.9. The Labute approximate surface area is 126 Å². The number of carbonyl (C=O) groups is 1. The fourth-order valence-corrected chi connectivity index (χ4v) is 2.86. The van der Waals surface area contributed by atoms with E-state index in [1.54, 1.807) is 6.08 Å². The van der Waals surface area contributed by atoms with Gasteiger partial charge in [0.2, 0.25) is 0 Å². The second-order valence-electron chi connectivity index (χ2n) is 6.28. The summed E-state index contributed by atoms with van der Waals surface area (Å²) in [5, 5.41) is 8.70. The molecule has 0 radical (unpaired) electrons. The summed E-state index contributed by atoms with van der Waals surface area (Å²) in [5.41, 5.74) is 3.00. The van der Waals surface area contributed by atoms with Crippen LogP contribution in [0.3, 0.4) is 0 Å². The topological polar surface area (TPSA) is 49.8 Å². The van der Waals surface area contributed by atoms with Gasteiger partial charge in [-0.15, -0.1) is 0 Å². The Kier molecular flexibility index (Phi) is 4.37. The Hall–Kier alpha value is -1.81. The number of carboxylic acids is 1. The van der Waals surface area contributed by atoms with Crippen molar-refractivity contribution in [2.75, 3.05) is 18.0 Å². The molecule has 1 aromatic carbocycles. The van der Waals surface area contributed by atoms with Crippen LogP contribution >= 0.6 is 0 Å². The van der Waals surface area contributed by atoms with Gasteiger partial charge in [0.25, 0.3) is 0 Å². The molecule has 1 aliphatic heterocycles. The summed E-state index contributed by atoms with van der Waals surface area (Å²) in [7, 11) is 0. The maximum Gasteiger partial charge on any atom is 0.328 e. The lowest BCUT2D eigenvalue weighted by molar-refractivity contribution is -0.131. The molecule has 1 unspecified atom stereocenters. The third-order valence-electron chi connectivity index (χ3n) is 3.59. The summed E-state index contributed by atoms with van der Waals surface area (Å²) in [6.45, 7) is 10.0. The quantitative estimate of drug-likeness (QED) is 0.869. The van der Waals surface area contributed by atoms with Gasteiger partial charge in [-0.3, -0.25) is 0 Å². The lowest BCUT2D eigenvalue weighted by Gasteiger charge is -2.43. The molecule has 1 heterocycles. The summed E-state index contributed by atoms with van der Waals surface area (Å²) >= 11 is 0. The zero-order chi connectivity index (χ0) is 15.6. The van der Waals surface area contributed by atoms with E-state index in [4.69, 9.17) is 9.84 Å². The summed E-state index contributed by atoms with van der Waals surface area (Å²) in [6.07, 6.45) is 3.00. The van der Waals surface area contributed by atoms with Crippen molar-refractivity contribution in [3.63, 3.8) is 0 Å². The molecule has 0 bridgehead atoms. The number of aliphatic carboxylic acids is 1. The van der Waals surface area contributed by atoms with Gasteiger partial charge < -0.3 is 14.7 Å². The molecule has 1 aliphatic rings. The van der Waals surface area contributed by atoms with Crippen molar-refractivity contribution in [2.45, 2.75) is 39.4 Å². The first-order valence-electron chi connectivity index (χ1n) is 7.21. The Morgan fingerprint density at radius 1 is 1.48 bits per heavy atom. The van der Waals surface area contributed by atoms with Crippen LogP contribution in [0.4, 0.5) is 5.69 Å². The molecule has 4 nitrogen and oxygen atoms in total. The van der Waals surface area contributed by atoms with Gasteiger partial charge in [0.05, 0.1) is 11.7 Å². The minimum atomic E-state index is -0.928. The van der Waals surface area contributed by atoms with E-state index in [2.05, 4.69) is 31.7 Å². The van der Waals surface area contributed by atoms with Gasteiger partial charge in [-0.1, -0.05) is 6.07 Å². The number of carboxylic acid groups (broad SMARTS) is 1. The summed E-state index contributed by atoms with van der Waals surface area (Å²) in [6, 6.07) is 6.12. The molecule has 0 aliphatic carbocycles. The maximum absolute atomic E-state index is 10.6. The van der Waals surface area contributed by atoms with Crippen LogP contribution in [-0.2, 0) is 9.53 Å². The van der Waals surface area contributed by atoms with Crippen LogP contribution in [-0.4, -0.2) is 35.9 Å². The van der Waals surface area contributed by atoms with E-state index in [0.717, 1.165) is 29.9 Å². The maximum atomic E-state index is 10.6. The molecule has 0 spiro atoms. The zero-order valence-electron chi connectivity index (χ0n) is 13.1. The number of aryl methyl sites for hydroxylation is 1. The molecule has 1 aromatic rings. The predicted octanol–water partition coefficient (Wildman–Crippen LogP) is 3.10. The van der Waals surface area contributed by atoms with Crippen LogP contribution in [0.1, 0.15) is 31.9 Å².